The van der Waals surface area contributed by atoms with E-state index < -0.39 is 21.8 Å². The SMILES string of the molecule is Cc1cc(C(=O)N2CCN(S(=O)(=O)c3ccc(C(F)(F)F)cc3)CC2)c2cnn(C(C)C)c2n1. The fourth-order valence-corrected chi connectivity index (χ4v) is 5.39. The average Bonchev–Trinajstić information content (AvgIpc) is 3.21. The van der Waals surface area contributed by atoms with Crippen LogP contribution in [0.25, 0.3) is 11.0 Å². The zero-order valence-corrected chi connectivity index (χ0v) is 19.7. The highest BCUT2D eigenvalue weighted by atomic mass is 32.2. The molecule has 1 amide bonds. The molecule has 3 aromatic rings. The van der Waals surface area contributed by atoms with E-state index in [4.69, 9.17) is 0 Å². The minimum atomic E-state index is -4.54. The van der Waals surface area contributed by atoms with Crippen molar-refractivity contribution in [1.29, 1.82) is 0 Å². The highest BCUT2D eigenvalue weighted by molar-refractivity contribution is 7.89. The molecule has 1 aliphatic rings. The summed E-state index contributed by atoms with van der Waals surface area (Å²) in [5.74, 6) is -0.245. The third-order valence-corrected chi connectivity index (χ3v) is 7.67. The van der Waals surface area contributed by atoms with Gasteiger partial charge in [0.15, 0.2) is 5.65 Å². The first-order valence-corrected chi connectivity index (χ1v) is 12.1. The zero-order chi connectivity index (χ0) is 24.8. The highest BCUT2D eigenvalue weighted by Gasteiger charge is 2.33. The second-order valence-corrected chi connectivity index (χ2v) is 10.4. The van der Waals surface area contributed by atoms with Gasteiger partial charge in [0.1, 0.15) is 0 Å². The molecule has 0 unspecified atom stereocenters. The standard InChI is InChI=1S/C22H24F3N5O3S/c1-14(2)30-20-19(13-26-30)18(12-15(3)27-20)21(31)28-8-10-29(11-9-28)34(32,33)17-6-4-16(5-7-17)22(23,24)25/h4-7,12-14H,8-11H2,1-3H3. The van der Waals surface area contributed by atoms with Gasteiger partial charge in [0.2, 0.25) is 10.0 Å². The first-order valence-electron chi connectivity index (χ1n) is 10.7. The number of pyridine rings is 1. The van der Waals surface area contributed by atoms with Crippen LogP contribution in [0.2, 0.25) is 0 Å². The average molecular weight is 496 g/mol. The number of benzene rings is 1. The number of rotatable bonds is 4. The number of piperazine rings is 1. The van der Waals surface area contributed by atoms with E-state index in [1.165, 1.54) is 4.31 Å². The molecule has 34 heavy (non-hydrogen) atoms. The van der Waals surface area contributed by atoms with Crippen molar-refractivity contribution in [3.63, 3.8) is 0 Å². The number of nitrogens with zero attached hydrogens (tertiary/aromatic N) is 5. The molecule has 0 radical (unpaired) electrons. The number of hydrogen-bond donors (Lipinski definition) is 0. The maximum Gasteiger partial charge on any atom is 0.416 e. The maximum atomic E-state index is 13.3. The topological polar surface area (TPSA) is 88.4 Å². The van der Waals surface area contributed by atoms with Crippen LogP contribution in [0.4, 0.5) is 13.2 Å². The predicted molar refractivity (Wildman–Crippen MR) is 119 cm³/mol. The van der Waals surface area contributed by atoms with Crippen LogP contribution in [0.5, 0.6) is 0 Å². The van der Waals surface area contributed by atoms with Crippen LogP contribution >= 0.6 is 0 Å². The van der Waals surface area contributed by atoms with Gasteiger partial charge in [0, 0.05) is 37.9 Å². The van der Waals surface area contributed by atoms with Crippen molar-refractivity contribution in [2.24, 2.45) is 0 Å². The lowest BCUT2D eigenvalue weighted by atomic mass is 10.1. The Morgan fingerprint density at radius 3 is 2.24 bits per heavy atom. The molecule has 182 valence electrons. The molecular weight excluding hydrogens is 471 g/mol. The summed E-state index contributed by atoms with van der Waals surface area (Å²) < 4.78 is 67.1. The fourth-order valence-electron chi connectivity index (χ4n) is 3.96. The van der Waals surface area contributed by atoms with Crippen LogP contribution < -0.4 is 0 Å². The Hall–Kier alpha value is -2.99. The molecule has 1 aromatic carbocycles. The number of amides is 1. The van der Waals surface area contributed by atoms with Crippen LogP contribution in [0.15, 0.2) is 41.4 Å². The van der Waals surface area contributed by atoms with Crippen molar-refractivity contribution in [2.45, 2.75) is 37.9 Å². The summed E-state index contributed by atoms with van der Waals surface area (Å²) in [6.45, 7) is 6.10. The van der Waals surface area contributed by atoms with E-state index in [2.05, 4.69) is 10.1 Å². The summed E-state index contributed by atoms with van der Waals surface area (Å²) in [5.41, 5.74) is 0.818. The Bertz CT molecular complexity index is 1330. The van der Waals surface area contributed by atoms with Gasteiger partial charge in [-0.3, -0.25) is 4.79 Å². The molecular formula is C22H24F3N5O3S. The van der Waals surface area contributed by atoms with E-state index in [0.29, 0.717) is 22.3 Å². The number of alkyl halides is 3. The van der Waals surface area contributed by atoms with Crippen LogP contribution in [0.1, 0.15) is 41.5 Å². The van der Waals surface area contributed by atoms with Gasteiger partial charge in [0.05, 0.1) is 27.6 Å². The first kappa shape index (κ1) is 24.1. The molecule has 4 rings (SSSR count). The van der Waals surface area contributed by atoms with E-state index in [0.717, 1.165) is 24.3 Å². The molecule has 12 heteroatoms. The molecule has 1 aliphatic heterocycles. The van der Waals surface area contributed by atoms with Gasteiger partial charge < -0.3 is 4.90 Å². The van der Waals surface area contributed by atoms with E-state index in [1.54, 1.807) is 28.8 Å². The fraction of sp³-hybridized carbons (Fsp3) is 0.409. The van der Waals surface area contributed by atoms with Gasteiger partial charge in [-0.25, -0.2) is 18.1 Å². The number of sulfonamides is 1. The lowest BCUT2D eigenvalue weighted by molar-refractivity contribution is -0.137. The van der Waals surface area contributed by atoms with Crippen molar-refractivity contribution < 1.29 is 26.4 Å². The Morgan fingerprint density at radius 2 is 1.68 bits per heavy atom. The number of aromatic nitrogens is 3. The lowest BCUT2D eigenvalue weighted by Gasteiger charge is -2.34. The summed E-state index contributed by atoms with van der Waals surface area (Å²) in [6.07, 6.45) is -2.93. The lowest BCUT2D eigenvalue weighted by Crippen LogP contribution is -2.50. The summed E-state index contributed by atoms with van der Waals surface area (Å²) in [4.78, 5) is 19.2. The zero-order valence-electron chi connectivity index (χ0n) is 18.9. The molecule has 0 aliphatic carbocycles. The van der Waals surface area contributed by atoms with Crippen molar-refractivity contribution in [3.05, 3.63) is 53.3 Å². The Labute approximate surface area is 195 Å². The Kier molecular flexibility index (Phi) is 6.15. The maximum absolute atomic E-state index is 13.3. The number of aryl methyl sites for hydroxylation is 1. The van der Waals surface area contributed by atoms with Gasteiger partial charge >= 0.3 is 6.18 Å². The van der Waals surface area contributed by atoms with Crippen LogP contribution in [-0.2, 0) is 16.2 Å². The largest absolute Gasteiger partial charge is 0.416 e. The molecule has 0 saturated carbocycles. The van der Waals surface area contributed by atoms with Gasteiger partial charge in [0.25, 0.3) is 5.91 Å². The smallest absolute Gasteiger partial charge is 0.336 e. The van der Waals surface area contributed by atoms with Crippen LogP contribution in [0.3, 0.4) is 0 Å². The van der Waals surface area contributed by atoms with Gasteiger partial charge in [-0.2, -0.15) is 22.6 Å². The second kappa shape index (κ2) is 8.66. The summed E-state index contributed by atoms with van der Waals surface area (Å²) in [6, 6.07) is 5.18. The third kappa shape index (κ3) is 4.39. The van der Waals surface area contributed by atoms with Crippen molar-refractivity contribution in [3.8, 4) is 0 Å². The van der Waals surface area contributed by atoms with E-state index in [1.807, 2.05) is 13.8 Å². The molecule has 3 heterocycles. The first-order chi connectivity index (χ1) is 15.9. The van der Waals surface area contributed by atoms with Crippen molar-refractivity contribution in [2.75, 3.05) is 26.2 Å². The van der Waals surface area contributed by atoms with Crippen molar-refractivity contribution in [1.82, 2.24) is 24.0 Å². The van der Waals surface area contributed by atoms with Gasteiger partial charge in [-0.15, -0.1) is 0 Å². The molecule has 1 fully saturated rings. The minimum Gasteiger partial charge on any atom is -0.336 e. The van der Waals surface area contributed by atoms with E-state index in [-0.39, 0.29) is 43.0 Å². The number of hydrogen-bond acceptors (Lipinski definition) is 5. The third-order valence-electron chi connectivity index (χ3n) is 5.76. The van der Waals surface area contributed by atoms with Crippen LogP contribution in [0, 0.1) is 6.92 Å². The predicted octanol–water partition coefficient (Wildman–Crippen LogP) is 3.49. The molecule has 0 N–H and O–H groups in total. The quantitative estimate of drug-likeness (QED) is 0.553. The molecule has 0 atom stereocenters. The summed E-state index contributed by atoms with van der Waals surface area (Å²) in [5, 5.41) is 4.98. The molecule has 0 bridgehead atoms. The van der Waals surface area contributed by atoms with Crippen LogP contribution in [-0.4, -0.2) is 64.5 Å². The summed E-state index contributed by atoms with van der Waals surface area (Å²) >= 11 is 0. The minimum absolute atomic E-state index is 0.0353. The number of halogens is 3. The van der Waals surface area contributed by atoms with Crippen molar-refractivity contribution >= 4 is 27.0 Å². The molecule has 8 nitrogen and oxygen atoms in total. The number of fused-ring (bicyclic) bond motifs is 1. The normalized spacial score (nSPS) is 15.9. The highest BCUT2D eigenvalue weighted by Crippen LogP contribution is 2.30. The molecule has 2 aromatic heterocycles. The second-order valence-electron chi connectivity index (χ2n) is 8.45. The van der Waals surface area contributed by atoms with Gasteiger partial charge in [-0.05, 0) is 51.1 Å². The molecule has 1 saturated heterocycles. The van der Waals surface area contributed by atoms with Gasteiger partial charge in [-0.1, -0.05) is 0 Å². The molecule has 0 spiro atoms. The Morgan fingerprint density at radius 1 is 1.06 bits per heavy atom. The monoisotopic (exact) mass is 495 g/mol. The number of carbonyl (C=O) groups is 1. The number of carbonyl (C=O) groups excluding carboxylic acids is 1. The summed E-state index contributed by atoms with van der Waals surface area (Å²) in [7, 11) is -3.98. The van der Waals surface area contributed by atoms with E-state index in [9.17, 15) is 26.4 Å². The Balaban J connectivity index is 1.51. The van der Waals surface area contributed by atoms with E-state index >= 15 is 0 Å².